The molecule has 0 bridgehead atoms. The Morgan fingerprint density at radius 2 is 0.705 bits per heavy atom. The first kappa shape index (κ1) is 43.2. The van der Waals surface area contributed by atoms with E-state index in [-0.39, 0.29) is 11.9 Å². The predicted octanol–water partition coefficient (Wildman–Crippen LogP) is 15.0. The number of hydrogen-bond donors (Lipinski definition) is 0. The molecule has 2 nitrogen and oxygen atoms in total. The Labute approximate surface area is 278 Å². The standard InChI is InChI=1S/C42H82O2/c1-4-7-10-13-16-18-20-22-24-26-28-30-32-35-38-41(42(43)44-40-37-34-15-12-9-6-3)39-36-33-31-29-27-25-23-21-19-17-14-11-8-5-2/h22,24,41H,4-21,23,25-40H2,1-3H3/b24-22-. The third kappa shape index (κ3) is 34.1. The molecule has 0 aromatic heterocycles. The molecule has 0 rings (SSSR count). The summed E-state index contributed by atoms with van der Waals surface area (Å²) < 4.78 is 5.80. The lowest BCUT2D eigenvalue weighted by atomic mass is 9.94. The highest BCUT2D eigenvalue weighted by molar-refractivity contribution is 5.72. The molecule has 0 saturated carbocycles. The minimum atomic E-state index is 0.103. The molecule has 44 heavy (non-hydrogen) atoms. The van der Waals surface area contributed by atoms with Gasteiger partial charge in [-0.25, -0.2) is 0 Å². The van der Waals surface area contributed by atoms with E-state index >= 15 is 0 Å². The van der Waals surface area contributed by atoms with E-state index < -0.39 is 0 Å². The second-order valence-corrected chi connectivity index (χ2v) is 14.0. The molecule has 262 valence electrons. The van der Waals surface area contributed by atoms with Crippen molar-refractivity contribution in [2.75, 3.05) is 6.61 Å². The molecule has 0 aliphatic carbocycles. The molecule has 0 saturated heterocycles. The summed E-state index contributed by atoms with van der Waals surface area (Å²) in [5.41, 5.74) is 0. The number of rotatable bonds is 37. The lowest BCUT2D eigenvalue weighted by Crippen LogP contribution is -2.18. The van der Waals surface area contributed by atoms with E-state index in [1.807, 2.05) is 0 Å². The van der Waals surface area contributed by atoms with Gasteiger partial charge in [0.05, 0.1) is 12.5 Å². The number of carbonyl (C=O) groups excluding carboxylic acids is 1. The van der Waals surface area contributed by atoms with Gasteiger partial charge in [0.25, 0.3) is 0 Å². The molecule has 0 aromatic rings. The van der Waals surface area contributed by atoms with Crippen LogP contribution in [-0.2, 0) is 9.53 Å². The molecule has 0 aromatic carbocycles. The Kier molecular flexibility index (Phi) is 37.7. The van der Waals surface area contributed by atoms with Gasteiger partial charge in [-0.1, -0.05) is 206 Å². The van der Waals surface area contributed by atoms with Crippen molar-refractivity contribution in [3.63, 3.8) is 0 Å². The minimum Gasteiger partial charge on any atom is -0.465 e. The Morgan fingerprint density at radius 3 is 1.07 bits per heavy atom. The van der Waals surface area contributed by atoms with Gasteiger partial charge >= 0.3 is 5.97 Å². The summed E-state index contributed by atoms with van der Waals surface area (Å²) in [5, 5.41) is 0. The highest BCUT2D eigenvalue weighted by Gasteiger charge is 2.19. The number of hydrogen-bond acceptors (Lipinski definition) is 2. The molecule has 0 N–H and O–H groups in total. The zero-order valence-electron chi connectivity index (χ0n) is 30.8. The summed E-state index contributed by atoms with van der Waals surface area (Å²) in [6.07, 6.45) is 49.5. The molecule has 0 heterocycles. The normalized spacial score (nSPS) is 12.3. The fourth-order valence-electron chi connectivity index (χ4n) is 6.42. The van der Waals surface area contributed by atoms with Crippen LogP contribution in [0.15, 0.2) is 12.2 Å². The van der Waals surface area contributed by atoms with Crippen molar-refractivity contribution in [1.29, 1.82) is 0 Å². The van der Waals surface area contributed by atoms with E-state index in [1.165, 1.54) is 199 Å². The van der Waals surface area contributed by atoms with E-state index in [0.717, 1.165) is 19.3 Å². The van der Waals surface area contributed by atoms with Gasteiger partial charge < -0.3 is 4.74 Å². The van der Waals surface area contributed by atoms with Gasteiger partial charge in [0.1, 0.15) is 0 Å². The lowest BCUT2D eigenvalue weighted by molar-refractivity contribution is -0.149. The highest BCUT2D eigenvalue weighted by atomic mass is 16.5. The number of esters is 1. The molecule has 0 fully saturated rings. The predicted molar refractivity (Wildman–Crippen MR) is 198 cm³/mol. The van der Waals surface area contributed by atoms with E-state index in [9.17, 15) is 4.79 Å². The molecule has 1 atom stereocenters. The van der Waals surface area contributed by atoms with Crippen molar-refractivity contribution in [2.45, 2.75) is 239 Å². The van der Waals surface area contributed by atoms with Gasteiger partial charge in [0.2, 0.25) is 0 Å². The van der Waals surface area contributed by atoms with E-state index in [2.05, 4.69) is 32.9 Å². The van der Waals surface area contributed by atoms with Gasteiger partial charge in [-0.05, 0) is 44.9 Å². The van der Waals surface area contributed by atoms with Crippen LogP contribution in [0.1, 0.15) is 239 Å². The van der Waals surface area contributed by atoms with Crippen molar-refractivity contribution in [1.82, 2.24) is 0 Å². The number of carbonyl (C=O) groups is 1. The van der Waals surface area contributed by atoms with Crippen molar-refractivity contribution in [3.8, 4) is 0 Å². The zero-order chi connectivity index (χ0) is 32.0. The first-order valence-corrected chi connectivity index (χ1v) is 20.6. The Balaban J connectivity index is 4.03. The van der Waals surface area contributed by atoms with E-state index in [4.69, 9.17) is 4.74 Å². The average molecular weight is 619 g/mol. The van der Waals surface area contributed by atoms with Crippen LogP contribution >= 0.6 is 0 Å². The van der Waals surface area contributed by atoms with Crippen molar-refractivity contribution >= 4 is 5.97 Å². The molecule has 0 aliphatic rings. The molecule has 0 radical (unpaired) electrons. The molecular weight excluding hydrogens is 536 g/mol. The second-order valence-electron chi connectivity index (χ2n) is 14.0. The summed E-state index contributed by atoms with van der Waals surface area (Å²) >= 11 is 0. The summed E-state index contributed by atoms with van der Waals surface area (Å²) in [7, 11) is 0. The third-order valence-electron chi connectivity index (χ3n) is 9.55. The number of allylic oxidation sites excluding steroid dienone is 2. The van der Waals surface area contributed by atoms with Gasteiger partial charge in [0, 0.05) is 0 Å². The Bertz CT molecular complexity index is 568. The van der Waals surface area contributed by atoms with Crippen LogP contribution < -0.4 is 0 Å². The van der Waals surface area contributed by atoms with Gasteiger partial charge in [0.15, 0.2) is 0 Å². The summed E-state index contributed by atoms with van der Waals surface area (Å²) in [4.78, 5) is 13.0. The molecule has 1 unspecified atom stereocenters. The smallest absolute Gasteiger partial charge is 0.308 e. The number of unbranched alkanes of at least 4 members (excludes halogenated alkanes) is 28. The summed E-state index contributed by atoms with van der Waals surface area (Å²) in [5.74, 6) is 0.232. The van der Waals surface area contributed by atoms with Crippen LogP contribution in [0.5, 0.6) is 0 Å². The zero-order valence-corrected chi connectivity index (χ0v) is 30.8. The van der Waals surface area contributed by atoms with Crippen LogP contribution in [0, 0.1) is 5.92 Å². The first-order valence-electron chi connectivity index (χ1n) is 20.6. The van der Waals surface area contributed by atoms with Gasteiger partial charge in [-0.15, -0.1) is 0 Å². The topological polar surface area (TPSA) is 26.3 Å². The van der Waals surface area contributed by atoms with E-state index in [0.29, 0.717) is 6.61 Å². The van der Waals surface area contributed by atoms with Crippen LogP contribution in [0.3, 0.4) is 0 Å². The molecule has 0 aliphatic heterocycles. The quantitative estimate of drug-likeness (QED) is 0.0393. The van der Waals surface area contributed by atoms with Crippen LogP contribution in [0.2, 0.25) is 0 Å². The van der Waals surface area contributed by atoms with Gasteiger partial charge in [-0.2, -0.15) is 0 Å². The fourth-order valence-corrected chi connectivity index (χ4v) is 6.42. The third-order valence-corrected chi connectivity index (χ3v) is 9.55. The van der Waals surface area contributed by atoms with Crippen LogP contribution in [0.4, 0.5) is 0 Å². The molecule has 2 heteroatoms. The molecular formula is C42H82O2. The second kappa shape index (κ2) is 38.4. The monoisotopic (exact) mass is 619 g/mol. The van der Waals surface area contributed by atoms with Crippen LogP contribution in [-0.4, -0.2) is 12.6 Å². The van der Waals surface area contributed by atoms with E-state index in [1.54, 1.807) is 0 Å². The maximum Gasteiger partial charge on any atom is 0.308 e. The number of ether oxygens (including phenoxy) is 1. The Morgan fingerprint density at radius 1 is 0.409 bits per heavy atom. The maximum absolute atomic E-state index is 13.0. The first-order chi connectivity index (χ1) is 21.8. The highest BCUT2D eigenvalue weighted by Crippen LogP contribution is 2.21. The average Bonchev–Trinajstić information content (AvgIpc) is 3.03. The SMILES string of the molecule is CCCCCCCC/C=C\CCCCCCC(CCCCCCCCCCCCCCCC)C(=O)OCCCCCCCC. The Hall–Kier alpha value is -0.790. The molecule has 0 spiro atoms. The van der Waals surface area contributed by atoms with Gasteiger partial charge in [-0.3, -0.25) is 4.79 Å². The molecule has 0 amide bonds. The van der Waals surface area contributed by atoms with Crippen molar-refractivity contribution in [3.05, 3.63) is 12.2 Å². The maximum atomic E-state index is 13.0. The minimum absolute atomic E-state index is 0.103. The lowest BCUT2D eigenvalue weighted by Gasteiger charge is -2.16. The largest absolute Gasteiger partial charge is 0.465 e. The van der Waals surface area contributed by atoms with Crippen molar-refractivity contribution in [2.24, 2.45) is 5.92 Å². The fraction of sp³-hybridized carbons (Fsp3) is 0.929. The summed E-state index contributed by atoms with van der Waals surface area (Å²) in [6, 6.07) is 0. The van der Waals surface area contributed by atoms with Crippen LogP contribution in [0.25, 0.3) is 0 Å². The van der Waals surface area contributed by atoms with Crippen molar-refractivity contribution < 1.29 is 9.53 Å². The summed E-state index contributed by atoms with van der Waals surface area (Å²) in [6.45, 7) is 7.47.